The minimum absolute atomic E-state index is 0.0183. The van der Waals surface area contributed by atoms with E-state index in [-0.39, 0.29) is 11.8 Å². The molecule has 0 atom stereocenters. The van der Waals surface area contributed by atoms with Crippen LogP contribution in [0.25, 0.3) is 33.3 Å². The van der Waals surface area contributed by atoms with Crippen molar-refractivity contribution >= 4 is 33.7 Å². The smallest absolute Gasteiger partial charge is 0.259 e. The van der Waals surface area contributed by atoms with Crippen molar-refractivity contribution in [2.75, 3.05) is 26.2 Å². The summed E-state index contributed by atoms with van der Waals surface area (Å²) in [5.74, 6) is 0.379. The van der Waals surface area contributed by atoms with Crippen molar-refractivity contribution in [2.24, 2.45) is 0 Å². The maximum Gasteiger partial charge on any atom is 0.259 e. The van der Waals surface area contributed by atoms with Crippen molar-refractivity contribution in [2.45, 2.75) is 6.92 Å². The van der Waals surface area contributed by atoms with Crippen molar-refractivity contribution in [1.29, 1.82) is 0 Å². The van der Waals surface area contributed by atoms with Gasteiger partial charge in [0, 0.05) is 31.7 Å². The molecule has 0 unspecified atom stereocenters. The first-order valence-electron chi connectivity index (χ1n) is 11.5. The van der Waals surface area contributed by atoms with Crippen LogP contribution in [0.2, 0.25) is 0 Å². The molecule has 6 rings (SSSR count). The van der Waals surface area contributed by atoms with Gasteiger partial charge in [0.1, 0.15) is 5.69 Å². The van der Waals surface area contributed by atoms with Crippen LogP contribution in [-0.2, 0) is 0 Å². The lowest BCUT2D eigenvalue weighted by Gasteiger charge is -2.35. The fourth-order valence-corrected chi connectivity index (χ4v) is 4.68. The zero-order valence-electron chi connectivity index (χ0n) is 19.1. The molecular formula is C27H22N4O4. The molecule has 1 aliphatic heterocycles. The van der Waals surface area contributed by atoms with Crippen LogP contribution in [0, 0.1) is 6.92 Å². The van der Waals surface area contributed by atoms with Crippen LogP contribution in [0.1, 0.15) is 26.4 Å². The molecule has 0 spiro atoms. The topological polar surface area (TPSA) is 92.7 Å². The highest BCUT2D eigenvalue weighted by Gasteiger charge is 2.29. The van der Waals surface area contributed by atoms with Crippen molar-refractivity contribution < 1.29 is 18.5 Å². The molecule has 2 aromatic carbocycles. The third-order valence-electron chi connectivity index (χ3n) is 6.50. The second-order valence-corrected chi connectivity index (χ2v) is 8.59. The summed E-state index contributed by atoms with van der Waals surface area (Å²) in [4.78, 5) is 35.0. The highest BCUT2D eigenvalue weighted by molar-refractivity contribution is 6.08. The Hall–Kier alpha value is -4.46. The number of aromatic nitrogens is 2. The van der Waals surface area contributed by atoms with E-state index < -0.39 is 0 Å². The van der Waals surface area contributed by atoms with E-state index >= 15 is 0 Å². The molecule has 5 aromatic rings. The number of aryl methyl sites for hydroxylation is 1. The standard InChI is InChI=1S/C27H22N4O4/c1-17-24-21(16-22(23-10-5-15-34-23)28-25(24)35-29-17)27(33)31-13-11-30(12-14-31)26(32)20-9-4-7-18-6-2-3-8-19(18)20/h2-10,15-16H,11-14H2,1H3. The molecule has 0 saturated carbocycles. The highest BCUT2D eigenvalue weighted by Crippen LogP contribution is 2.29. The summed E-state index contributed by atoms with van der Waals surface area (Å²) in [6.07, 6.45) is 1.56. The van der Waals surface area contributed by atoms with Gasteiger partial charge in [0.15, 0.2) is 5.76 Å². The summed E-state index contributed by atoms with van der Waals surface area (Å²) in [6, 6.07) is 18.9. The number of hydrogen-bond acceptors (Lipinski definition) is 6. The van der Waals surface area contributed by atoms with Crippen LogP contribution in [0.3, 0.4) is 0 Å². The van der Waals surface area contributed by atoms with Gasteiger partial charge in [0.2, 0.25) is 0 Å². The largest absolute Gasteiger partial charge is 0.463 e. The van der Waals surface area contributed by atoms with Gasteiger partial charge < -0.3 is 18.7 Å². The van der Waals surface area contributed by atoms with Gasteiger partial charge in [-0.25, -0.2) is 4.98 Å². The average Bonchev–Trinajstić information content (AvgIpc) is 3.58. The van der Waals surface area contributed by atoms with Crippen LogP contribution < -0.4 is 0 Å². The van der Waals surface area contributed by atoms with E-state index in [4.69, 9.17) is 8.94 Å². The third kappa shape index (κ3) is 3.63. The van der Waals surface area contributed by atoms with Gasteiger partial charge in [0.05, 0.1) is 22.9 Å². The second kappa shape index (κ2) is 8.39. The van der Waals surface area contributed by atoms with Gasteiger partial charge in [-0.2, -0.15) is 0 Å². The normalized spacial score (nSPS) is 14.1. The number of rotatable bonds is 3. The SMILES string of the molecule is Cc1noc2nc(-c3ccco3)cc(C(=O)N3CCN(C(=O)c4cccc5ccccc45)CC3)c12. The second-order valence-electron chi connectivity index (χ2n) is 8.59. The third-order valence-corrected chi connectivity index (χ3v) is 6.50. The number of hydrogen-bond donors (Lipinski definition) is 0. The zero-order chi connectivity index (χ0) is 23.9. The maximum atomic E-state index is 13.6. The first-order chi connectivity index (χ1) is 17.1. The van der Waals surface area contributed by atoms with Crippen molar-refractivity contribution in [3.63, 3.8) is 0 Å². The molecular weight excluding hydrogens is 444 g/mol. The van der Waals surface area contributed by atoms with Gasteiger partial charge in [-0.15, -0.1) is 0 Å². The molecule has 1 saturated heterocycles. The summed E-state index contributed by atoms with van der Waals surface area (Å²) in [5, 5.41) is 6.57. The lowest BCUT2D eigenvalue weighted by Crippen LogP contribution is -2.50. The van der Waals surface area contributed by atoms with E-state index in [0.29, 0.717) is 65.6 Å². The maximum absolute atomic E-state index is 13.6. The van der Waals surface area contributed by atoms with Gasteiger partial charge in [-0.3, -0.25) is 9.59 Å². The fourth-order valence-electron chi connectivity index (χ4n) is 4.68. The van der Waals surface area contributed by atoms with Gasteiger partial charge in [0.25, 0.3) is 17.5 Å². The Kier molecular flexibility index (Phi) is 5.06. The van der Waals surface area contributed by atoms with Gasteiger partial charge in [-0.1, -0.05) is 41.6 Å². The first kappa shape index (κ1) is 21.1. The van der Waals surface area contributed by atoms with Crippen molar-refractivity contribution in [3.05, 3.63) is 83.7 Å². The molecule has 4 heterocycles. The van der Waals surface area contributed by atoms with Gasteiger partial charge >= 0.3 is 0 Å². The summed E-state index contributed by atoms with van der Waals surface area (Å²) in [6.45, 7) is 3.56. The van der Waals surface area contributed by atoms with Crippen LogP contribution in [0.4, 0.5) is 0 Å². The zero-order valence-corrected chi connectivity index (χ0v) is 19.1. The van der Waals surface area contributed by atoms with Crippen LogP contribution in [-0.4, -0.2) is 57.9 Å². The Morgan fingerprint density at radius 3 is 2.31 bits per heavy atom. The Labute approximate surface area is 200 Å². The molecule has 0 aliphatic carbocycles. The Morgan fingerprint density at radius 1 is 0.857 bits per heavy atom. The van der Waals surface area contributed by atoms with E-state index in [0.717, 1.165) is 10.8 Å². The molecule has 8 nitrogen and oxygen atoms in total. The molecule has 2 amide bonds. The monoisotopic (exact) mass is 466 g/mol. The predicted octanol–water partition coefficient (Wildman–Crippen LogP) is 4.54. The molecule has 0 radical (unpaired) electrons. The van der Waals surface area contributed by atoms with E-state index in [1.54, 1.807) is 36.3 Å². The summed E-state index contributed by atoms with van der Waals surface area (Å²) >= 11 is 0. The van der Waals surface area contributed by atoms with E-state index in [1.165, 1.54) is 0 Å². The molecule has 3 aromatic heterocycles. The van der Waals surface area contributed by atoms with Crippen LogP contribution in [0.15, 0.2) is 75.9 Å². The minimum Gasteiger partial charge on any atom is -0.463 e. The number of fused-ring (bicyclic) bond motifs is 2. The number of pyridine rings is 1. The molecule has 35 heavy (non-hydrogen) atoms. The van der Waals surface area contributed by atoms with E-state index in [9.17, 15) is 9.59 Å². The Balaban J connectivity index is 1.25. The van der Waals surface area contributed by atoms with Crippen LogP contribution in [0.5, 0.6) is 0 Å². The number of carbonyl (C=O) groups excluding carboxylic acids is 2. The minimum atomic E-state index is -0.145. The molecule has 174 valence electrons. The van der Waals surface area contributed by atoms with Crippen molar-refractivity contribution in [1.82, 2.24) is 19.9 Å². The number of amides is 2. The first-order valence-corrected chi connectivity index (χ1v) is 11.5. The molecule has 0 N–H and O–H groups in total. The van der Waals surface area contributed by atoms with E-state index in [1.807, 2.05) is 47.4 Å². The molecule has 0 bridgehead atoms. The number of nitrogens with zero attached hydrogens (tertiary/aromatic N) is 4. The quantitative estimate of drug-likeness (QED) is 0.388. The Morgan fingerprint density at radius 2 is 1.57 bits per heavy atom. The van der Waals surface area contributed by atoms with Crippen LogP contribution >= 0.6 is 0 Å². The summed E-state index contributed by atoms with van der Waals surface area (Å²) in [5.41, 5.74) is 2.55. The Bertz CT molecular complexity index is 1560. The van der Waals surface area contributed by atoms with Gasteiger partial charge in [-0.05, 0) is 42.0 Å². The molecule has 8 heteroatoms. The summed E-state index contributed by atoms with van der Waals surface area (Å²) < 4.78 is 10.8. The van der Waals surface area contributed by atoms with Crippen molar-refractivity contribution in [3.8, 4) is 11.5 Å². The fraction of sp³-hybridized carbons (Fsp3) is 0.185. The molecule has 1 fully saturated rings. The highest BCUT2D eigenvalue weighted by atomic mass is 16.5. The van der Waals surface area contributed by atoms with E-state index in [2.05, 4.69) is 10.1 Å². The number of piperazine rings is 1. The number of carbonyl (C=O) groups is 2. The lowest BCUT2D eigenvalue weighted by molar-refractivity contribution is 0.0537. The predicted molar refractivity (Wildman–Crippen MR) is 130 cm³/mol. The molecule has 1 aliphatic rings. The lowest BCUT2D eigenvalue weighted by atomic mass is 10.0. The summed E-state index contributed by atoms with van der Waals surface area (Å²) in [7, 11) is 0. The number of furan rings is 1. The average molecular weight is 466 g/mol. The number of benzene rings is 2.